The molecule has 0 heterocycles. The Morgan fingerprint density at radius 2 is 1.92 bits per heavy atom. The summed E-state index contributed by atoms with van der Waals surface area (Å²) in [6.07, 6.45) is 1.37. The molecule has 0 fully saturated rings. The van der Waals surface area contributed by atoms with Gasteiger partial charge in [-0.1, -0.05) is 39.1 Å². The smallest absolute Gasteiger partial charge is 0.308 e. The lowest BCUT2D eigenvalue weighted by molar-refractivity contribution is -0.131. The van der Waals surface area contributed by atoms with E-state index in [1.165, 1.54) is 31.3 Å². The van der Waals surface area contributed by atoms with E-state index in [1.807, 2.05) is 0 Å². The minimum atomic E-state index is -0.452. The molecule has 24 heavy (non-hydrogen) atoms. The molecule has 0 aliphatic carbocycles. The number of amides is 1. The molecule has 2 aromatic carbocycles. The van der Waals surface area contributed by atoms with Crippen molar-refractivity contribution in [1.82, 2.24) is 5.43 Å². The van der Waals surface area contributed by atoms with Crippen LogP contribution in [0.2, 0.25) is 10.0 Å². The second-order valence-electron chi connectivity index (χ2n) is 4.60. The van der Waals surface area contributed by atoms with Crippen LogP contribution in [0.5, 0.6) is 5.75 Å². The van der Waals surface area contributed by atoms with Crippen LogP contribution in [0.25, 0.3) is 0 Å². The van der Waals surface area contributed by atoms with E-state index in [0.717, 1.165) is 4.47 Å². The van der Waals surface area contributed by atoms with Crippen LogP contribution < -0.4 is 10.2 Å². The van der Waals surface area contributed by atoms with E-state index in [-0.39, 0.29) is 5.02 Å². The van der Waals surface area contributed by atoms with Gasteiger partial charge in [-0.2, -0.15) is 5.10 Å². The van der Waals surface area contributed by atoms with Crippen LogP contribution in [0.3, 0.4) is 0 Å². The highest BCUT2D eigenvalue weighted by Gasteiger charge is 2.08. The molecule has 0 atom stereocenters. The highest BCUT2D eigenvalue weighted by molar-refractivity contribution is 9.10. The number of nitrogens with zero attached hydrogens (tertiary/aromatic N) is 1. The fourth-order valence-electron chi connectivity index (χ4n) is 1.73. The summed E-state index contributed by atoms with van der Waals surface area (Å²) in [5.74, 6) is -0.570. The highest BCUT2D eigenvalue weighted by Crippen LogP contribution is 2.23. The molecule has 8 heteroatoms. The van der Waals surface area contributed by atoms with Crippen LogP contribution in [0.4, 0.5) is 0 Å². The normalized spacial score (nSPS) is 10.7. The maximum atomic E-state index is 12.0. The Labute approximate surface area is 156 Å². The maximum Gasteiger partial charge on any atom is 0.308 e. The number of hydrogen-bond acceptors (Lipinski definition) is 4. The molecule has 0 aliphatic rings. The molecule has 0 bridgehead atoms. The first-order valence-corrected chi connectivity index (χ1v) is 8.18. The minimum absolute atomic E-state index is 0.275. The Balaban J connectivity index is 2.13. The van der Waals surface area contributed by atoms with Crippen molar-refractivity contribution >= 4 is 57.2 Å². The van der Waals surface area contributed by atoms with Gasteiger partial charge in [0.15, 0.2) is 0 Å². The lowest BCUT2D eigenvalue weighted by Crippen LogP contribution is -2.17. The predicted molar refractivity (Wildman–Crippen MR) is 97.0 cm³/mol. The molecule has 0 aromatic heterocycles. The van der Waals surface area contributed by atoms with Gasteiger partial charge in [-0.15, -0.1) is 0 Å². The van der Waals surface area contributed by atoms with Gasteiger partial charge in [-0.25, -0.2) is 5.43 Å². The second kappa shape index (κ2) is 8.28. The van der Waals surface area contributed by atoms with Crippen molar-refractivity contribution in [3.63, 3.8) is 0 Å². The first-order chi connectivity index (χ1) is 11.4. The Kier molecular flexibility index (Phi) is 6.36. The summed E-state index contributed by atoms with van der Waals surface area (Å²) >= 11 is 15.0. The van der Waals surface area contributed by atoms with E-state index >= 15 is 0 Å². The van der Waals surface area contributed by atoms with Gasteiger partial charge < -0.3 is 4.74 Å². The van der Waals surface area contributed by atoms with Gasteiger partial charge in [0.1, 0.15) is 5.75 Å². The van der Waals surface area contributed by atoms with Gasteiger partial charge in [0.25, 0.3) is 5.91 Å². The van der Waals surface area contributed by atoms with Crippen molar-refractivity contribution in [2.75, 3.05) is 0 Å². The zero-order valence-corrected chi connectivity index (χ0v) is 15.4. The Morgan fingerprint density at radius 3 is 2.58 bits per heavy atom. The van der Waals surface area contributed by atoms with E-state index in [1.54, 1.807) is 18.2 Å². The van der Waals surface area contributed by atoms with Crippen LogP contribution in [-0.4, -0.2) is 18.1 Å². The molecule has 0 aliphatic heterocycles. The second-order valence-corrected chi connectivity index (χ2v) is 6.33. The Hall–Kier alpha value is -1.89. The van der Waals surface area contributed by atoms with Crippen LogP contribution in [-0.2, 0) is 4.79 Å². The summed E-state index contributed by atoms with van der Waals surface area (Å²) in [7, 11) is 0. The fourth-order valence-corrected chi connectivity index (χ4v) is 2.41. The summed E-state index contributed by atoms with van der Waals surface area (Å²) < 4.78 is 5.85. The highest BCUT2D eigenvalue weighted by atomic mass is 79.9. The third-order valence-corrected chi connectivity index (χ3v) is 4.01. The molecule has 1 amide bonds. The standard InChI is InChI=1S/C16H11BrCl2N2O3/c1-9(22)24-15-5-3-12(17)6-11(15)8-20-21-16(23)10-2-4-13(18)14(19)7-10/h2-8H,1H3,(H,21,23)/b20-8-. The van der Waals surface area contributed by atoms with Crippen LogP contribution in [0, 0.1) is 0 Å². The van der Waals surface area contributed by atoms with Crippen LogP contribution >= 0.6 is 39.1 Å². The molecule has 124 valence electrons. The molecule has 0 spiro atoms. The average Bonchev–Trinajstić information content (AvgIpc) is 2.52. The first kappa shape index (κ1) is 18.4. The van der Waals surface area contributed by atoms with Gasteiger partial charge in [0.05, 0.1) is 16.3 Å². The predicted octanol–water partition coefficient (Wildman–Crippen LogP) is 4.45. The zero-order chi connectivity index (χ0) is 17.7. The molecule has 5 nitrogen and oxygen atoms in total. The van der Waals surface area contributed by atoms with E-state index < -0.39 is 11.9 Å². The topological polar surface area (TPSA) is 67.8 Å². The van der Waals surface area contributed by atoms with Crippen molar-refractivity contribution in [2.24, 2.45) is 5.10 Å². The molecule has 1 N–H and O–H groups in total. The number of nitrogens with one attached hydrogen (secondary N) is 1. The molecular weight excluding hydrogens is 419 g/mol. The van der Waals surface area contributed by atoms with E-state index in [0.29, 0.717) is 21.9 Å². The Morgan fingerprint density at radius 1 is 1.17 bits per heavy atom. The van der Waals surface area contributed by atoms with Gasteiger partial charge in [0.2, 0.25) is 0 Å². The van der Waals surface area contributed by atoms with Crippen molar-refractivity contribution < 1.29 is 14.3 Å². The third kappa shape index (κ3) is 5.06. The van der Waals surface area contributed by atoms with Crippen LogP contribution in [0.1, 0.15) is 22.8 Å². The van der Waals surface area contributed by atoms with E-state index in [2.05, 4.69) is 26.5 Å². The summed E-state index contributed by atoms with van der Waals surface area (Å²) in [4.78, 5) is 23.1. The Bertz CT molecular complexity index is 825. The molecule has 0 saturated heterocycles. The molecular formula is C16H11BrCl2N2O3. The fraction of sp³-hybridized carbons (Fsp3) is 0.0625. The maximum absolute atomic E-state index is 12.0. The van der Waals surface area contributed by atoms with Crippen molar-refractivity contribution in [2.45, 2.75) is 6.92 Å². The molecule has 2 aromatic rings. The van der Waals surface area contributed by atoms with Crippen molar-refractivity contribution in [1.29, 1.82) is 0 Å². The van der Waals surface area contributed by atoms with E-state index in [4.69, 9.17) is 27.9 Å². The number of hydrazone groups is 1. The third-order valence-electron chi connectivity index (χ3n) is 2.78. The number of hydrogen-bond donors (Lipinski definition) is 1. The van der Waals surface area contributed by atoms with Gasteiger partial charge in [0, 0.05) is 22.5 Å². The number of ether oxygens (including phenoxy) is 1. The molecule has 2 rings (SSSR count). The summed E-state index contributed by atoms with van der Waals surface area (Å²) in [6.45, 7) is 1.30. The van der Waals surface area contributed by atoms with Crippen LogP contribution in [0.15, 0.2) is 46.0 Å². The quantitative estimate of drug-likeness (QED) is 0.338. The lowest BCUT2D eigenvalue weighted by atomic mass is 10.2. The molecule has 0 saturated carbocycles. The molecule has 0 unspecified atom stereocenters. The number of benzene rings is 2. The minimum Gasteiger partial charge on any atom is -0.426 e. The number of esters is 1. The van der Waals surface area contributed by atoms with Crippen molar-refractivity contribution in [3.05, 3.63) is 62.0 Å². The summed E-state index contributed by atoms with van der Waals surface area (Å²) in [5.41, 5.74) is 3.21. The number of rotatable bonds is 4. The number of carbonyl (C=O) groups excluding carboxylic acids is 2. The molecule has 0 radical (unpaired) electrons. The average molecular weight is 430 g/mol. The van der Waals surface area contributed by atoms with Gasteiger partial charge in [-0.3, -0.25) is 9.59 Å². The number of carbonyl (C=O) groups is 2. The number of halogens is 3. The van der Waals surface area contributed by atoms with Gasteiger partial charge >= 0.3 is 5.97 Å². The SMILES string of the molecule is CC(=O)Oc1ccc(Br)cc1/C=N\NC(=O)c1ccc(Cl)c(Cl)c1. The van der Waals surface area contributed by atoms with Crippen molar-refractivity contribution in [3.8, 4) is 5.75 Å². The van der Waals surface area contributed by atoms with E-state index in [9.17, 15) is 9.59 Å². The lowest BCUT2D eigenvalue weighted by Gasteiger charge is -2.06. The first-order valence-electron chi connectivity index (χ1n) is 6.63. The summed E-state index contributed by atoms with van der Waals surface area (Å²) in [6, 6.07) is 9.54. The monoisotopic (exact) mass is 428 g/mol. The zero-order valence-electron chi connectivity index (χ0n) is 12.3. The summed E-state index contributed by atoms with van der Waals surface area (Å²) in [5, 5.41) is 4.50. The largest absolute Gasteiger partial charge is 0.426 e. The van der Waals surface area contributed by atoms with Gasteiger partial charge in [-0.05, 0) is 36.4 Å².